The van der Waals surface area contributed by atoms with Gasteiger partial charge in [0, 0.05) is 0 Å². The fraction of sp³-hybridized carbons (Fsp3) is 0.462. The molecule has 0 saturated carbocycles. The first-order chi connectivity index (χ1) is 7.95. The summed E-state index contributed by atoms with van der Waals surface area (Å²) in [5.74, 6) is -0.421. The number of aliphatic hydroxyl groups excluding tert-OH is 1. The Morgan fingerprint density at radius 2 is 2.12 bits per heavy atom. The van der Waals surface area contributed by atoms with E-state index in [1.54, 1.807) is 32.0 Å². The largest absolute Gasteiger partial charge is 0.479 e. The molecule has 4 heteroatoms. The zero-order valence-corrected chi connectivity index (χ0v) is 10.3. The summed E-state index contributed by atoms with van der Waals surface area (Å²) in [5.41, 5.74) is 1.61. The third-order valence-corrected chi connectivity index (χ3v) is 2.60. The lowest BCUT2D eigenvalue weighted by atomic mass is 10.1. The second-order valence-electron chi connectivity index (χ2n) is 4.05. The molecule has 0 spiro atoms. The van der Waals surface area contributed by atoms with Crippen LogP contribution in [0.25, 0.3) is 0 Å². The number of carboxylic acid groups (broad SMARTS) is 1. The van der Waals surface area contributed by atoms with Crippen LogP contribution in [-0.2, 0) is 4.79 Å². The van der Waals surface area contributed by atoms with Crippen LogP contribution in [0.5, 0.6) is 5.75 Å². The summed E-state index contributed by atoms with van der Waals surface area (Å²) in [6.07, 6.45) is -0.956. The van der Waals surface area contributed by atoms with Crippen LogP contribution in [0.2, 0.25) is 0 Å². The predicted octanol–water partition coefficient (Wildman–Crippen LogP) is 2.29. The van der Waals surface area contributed by atoms with Crippen LogP contribution in [0.4, 0.5) is 0 Å². The number of rotatable bonds is 5. The zero-order valence-electron chi connectivity index (χ0n) is 10.3. The summed E-state index contributed by atoms with van der Waals surface area (Å²) in [6, 6.07) is 5.24. The maximum absolute atomic E-state index is 10.9. The Labute approximate surface area is 101 Å². The molecule has 1 aromatic rings. The van der Waals surface area contributed by atoms with Crippen molar-refractivity contribution in [1.82, 2.24) is 0 Å². The molecular weight excluding hydrogens is 220 g/mol. The van der Waals surface area contributed by atoms with Gasteiger partial charge in [-0.2, -0.15) is 0 Å². The number of carboxylic acids is 1. The smallest absolute Gasteiger partial charge is 0.344 e. The van der Waals surface area contributed by atoms with Crippen molar-refractivity contribution in [2.45, 2.75) is 39.4 Å². The van der Waals surface area contributed by atoms with Gasteiger partial charge in [-0.05, 0) is 43.5 Å². The summed E-state index contributed by atoms with van der Waals surface area (Å²) >= 11 is 0. The number of aliphatic carboxylic acids is 1. The Morgan fingerprint density at radius 1 is 1.47 bits per heavy atom. The highest BCUT2D eigenvalue weighted by molar-refractivity contribution is 5.72. The van der Waals surface area contributed by atoms with Gasteiger partial charge in [0.2, 0.25) is 0 Å². The molecule has 0 radical (unpaired) electrons. The van der Waals surface area contributed by atoms with Gasteiger partial charge < -0.3 is 14.9 Å². The quantitative estimate of drug-likeness (QED) is 0.826. The van der Waals surface area contributed by atoms with Gasteiger partial charge >= 0.3 is 5.97 Å². The van der Waals surface area contributed by atoms with E-state index in [1.807, 2.05) is 6.92 Å². The molecule has 1 aromatic carbocycles. The van der Waals surface area contributed by atoms with Crippen LogP contribution in [0, 0.1) is 6.92 Å². The van der Waals surface area contributed by atoms with Crippen LogP contribution in [0.3, 0.4) is 0 Å². The minimum atomic E-state index is -0.966. The first-order valence-corrected chi connectivity index (χ1v) is 5.63. The molecule has 2 N–H and O–H groups in total. The number of ether oxygens (including phenoxy) is 1. The topological polar surface area (TPSA) is 66.8 Å². The zero-order chi connectivity index (χ0) is 13.0. The average molecular weight is 238 g/mol. The molecule has 0 aliphatic rings. The Balaban J connectivity index is 2.89. The fourth-order valence-electron chi connectivity index (χ4n) is 1.53. The lowest BCUT2D eigenvalue weighted by Gasteiger charge is -2.16. The van der Waals surface area contributed by atoms with E-state index in [2.05, 4.69) is 0 Å². The van der Waals surface area contributed by atoms with E-state index in [0.717, 1.165) is 11.1 Å². The van der Waals surface area contributed by atoms with Gasteiger partial charge in [0.05, 0.1) is 6.10 Å². The van der Waals surface area contributed by atoms with Crippen molar-refractivity contribution >= 4 is 5.97 Å². The number of carbonyl (C=O) groups is 1. The van der Waals surface area contributed by atoms with Gasteiger partial charge in [-0.25, -0.2) is 4.79 Å². The molecule has 0 saturated heterocycles. The molecular formula is C13H18O4. The summed E-state index contributed by atoms with van der Waals surface area (Å²) < 4.78 is 5.41. The predicted molar refractivity (Wildman–Crippen MR) is 64.2 cm³/mol. The Hall–Kier alpha value is -1.55. The molecule has 2 atom stereocenters. The van der Waals surface area contributed by atoms with Crippen molar-refractivity contribution in [2.24, 2.45) is 0 Å². The molecule has 4 nitrogen and oxygen atoms in total. The molecule has 1 rings (SSSR count). The van der Waals surface area contributed by atoms with Crippen molar-refractivity contribution in [3.05, 3.63) is 29.3 Å². The fourth-order valence-corrected chi connectivity index (χ4v) is 1.53. The summed E-state index contributed by atoms with van der Waals surface area (Å²) in [6.45, 7) is 5.27. The second-order valence-corrected chi connectivity index (χ2v) is 4.05. The molecule has 0 fully saturated rings. The van der Waals surface area contributed by atoms with Gasteiger partial charge in [0.25, 0.3) is 0 Å². The number of hydrogen-bond donors (Lipinski definition) is 2. The van der Waals surface area contributed by atoms with Gasteiger partial charge in [-0.1, -0.05) is 13.0 Å². The molecule has 94 valence electrons. The second kappa shape index (κ2) is 5.68. The van der Waals surface area contributed by atoms with Gasteiger partial charge in [-0.15, -0.1) is 0 Å². The van der Waals surface area contributed by atoms with Crippen molar-refractivity contribution in [1.29, 1.82) is 0 Å². The van der Waals surface area contributed by atoms with Gasteiger partial charge in [-0.3, -0.25) is 0 Å². The molecule has 0 aromatic heterocycles. The van der Waals surface area contributed by atoms with E-state index in [1.165, 1.54) is 0 Å². The SMILES string of the molecule is CCC(Oc1ccc([C@H](C)O)cc1C)C(=O)O. The molecule has 0 bridgehead atoms. The summed E-state index contributed by atoms with van der Waals surface area (Å²) in [5, 5.41) is 18.3. The lowest BCUT2D eigenvalue weighted by molar-refractivity contribution is -0.145. The van der Waals surface area contributed by atoms with Crippen LogP contribution in [0.15, 0.2) is 18.2 Å². The molecule has 0 aliphatic heterocycles. The molecule has 17 heavy (non-hydrogen) atoms. The third-order valence-electron chi connectivity index (χ3n) is 2.60. The van der Waals surface area contributed by atoms with E-state index in [9.17, 15) is 9.90 Å². The molecule has 0 aliphatic carbocycles. The maximum Gasteiger partial charge on any atom is 0.344 e. The minimum absolute atomic E-state index is 0.410. The minimum Gasteiger partial charge on any atom is -0.479 e. The van der Waals surface area contributed by atoms with E-state index in [0.29, 0.717) is 12.2 Å². The van der Waals surface area contributed by atoms with E-state index >= 15 is 0 Å². The van der Waals surface area contributed by atoms with Crippen LogP contribution in [0.1, 0.15) is 37.5 Å². The number of benzene rings is 1. The summed E-state index contributed by atoms with van der Waals surface area (Å²) in [4.78, 5) is 10.9. The number of hydrogen-bond acceptors (Lipinski definition) is 3. The van der Waals surface area contributed by atoms with Crippen LogP contribution < -0.4 is 4.74 Å². The van der Waals surface area contributed by atoms with Crippen molar-refractivity contribution in [3.8, 4) is 5.75 Å². The lowest BCUT2D eigenvalue weighted by Crippen LogP contribution is -2.26. The number of aliphatic hydroxyl groups is 1. The molecule has 0 amide bonds. The van der Waals surface area contributed by atoms with Gasteiger partial charge in [0.15, 0.2) is 6.10 Å². The van der Waals surface area contributed by atoms with E-state index in [-0.39, 0.29) is 0 Å². The van der Waals surface area contributed by atoms with Crippen LogP contribution in [-0.4, -0.2) is 22.3 Å². The van der Waals surface area contributed by atoms with Gasteiger partial charge in [0.1, 0.15) is 5.75 Å². The highest BCUT2D eigenvalue weighted by Gasteiger charge is 2.17. The Kier molecular flexibility index (Phi) is 4.52. The van der Waals surface area contributed by atoms with Crippen LogP contribution >= 0.6 is 0 Å². The average Bonchev–Trinajstić information content (AvgIpc) is 2.26. The third kappa shape index (κ3) is 3.46. The van der Waals surface area contributed by atoms with Crippen molar-refractivity contribution in [3.63, 3.8) is 0 Å². The molecule has 0 heterocycles. The van der Waals surface area contributed by atoms with E-state index in [4.69, 9.17) is 9.84 Å². The highest BCUT2D eigenvalue weighted by Crippen LogP contribution is 2.24. The van der Waals surface area contributed by atoms with E-state index < -0.39 is 18.2 Å². The Morgan fingerprint density at radius 3 is 2.53 bits per heavy atom. The van der Waals surface area contributed by atoms with Crippen molar-refractivity contribution < 1.29 is 19.7 Å². The monoisotopic (exact) mass is 238 g/mol. The number of aryl methyl sites for hydroxylation is 1. The maximum atomic E-state index is 10.9. The first-order valence-electron chi connectivity index (χ1n) is 5.63. The van der Waals surface area contributed by atoms with Crippen molar-refractivity contribution in [2.75, 3.05) is 0 Å². The highest BCUT2D eigenvalue weighted by atomic mass is 16.5. The summed E-state index contributed by atoms with van der Waals surface area (Å²) in [7, 11) is 0. The normalized spacial score (nSPS) is 14.1. The first kappa shape index (κ1) is 13.5. The molecule has 1 unspecified atom stereocenters. The Bertz CT molecular complexity index is 398. The standard InChI is InChI=1S/C13H18O4/c1-4-11(13(15)16)17-12-6-5-10(9(3)14)7-8(12)2/h5-7,9,11,14H,4H2,1-3H3,(H,15,16)/t9-,11?/m0/s1.